The Morgan fingerprint density at radius 1 is 1.32 bits per heavy atom. The van der Waals surface area contributed by atoms with Crippen molar-refractivity contribution in [2.75, 3.05) is 13.4 Å². The minimum Gasteiger partial charge on any atom is -0.375 e. The molecule has 0 saturated heterocycles. The first-order valence-corrected chi connectivity index (χ1v) is 8.88. The fourth-order valence-electron chi connectivity index (χ4n) is 2.25. The van der Waals surface area contributed by atoms with Crippen molar-refractivity contribution >= 4 is 29.0 Å². The molecule has 1 aromatic carbocycles. The first-order valence-electron chi connectivity index (χ1n) is 6.77. The number of thiophene rings is 1. The molecular formula is C16H18FNO2S2. The summed E-state index contributed by atoms with van der Waals surface area (Å²) in [5.41, 5.74) is 0.827. The van der Waals surface area contributed by atoms with E-state index in [-0.39, 0.29) is 23.9 Å². The van der Waals surface area contributed by atoms with E-state index in [0.717, 1.165) is 10.5 Å². The predicted molar refractivity (Wildman–Crippen MR) is 89.2 cm³/mol. The Bertz CT molecular complexity index is 627. The molecule has 3 nitrogen and oxygen atoms in total. The molecule has 0 spiro atoms. The lowest BCUT2D eigenvalue weighted by molar-refractivity contribution is 0.0645. The molecule has 0 unspecified atom stereocenters. The Hall–Kier alpha value is -1.37. The van der Waals surface area contributed by atoms with E-state index in [1.54, 1.807) is 31.0 Å². The first kappa shape index (κ1) is 17.0. The predicted octanol–water partition coefficient (Wildman–Crippen LogP) is 4.12. The molecule has 118 valence electrons. The molecule has 2 atom stereocenters. The summed E-state index contributed by atoms with van der Waals surface area (Å²) in [6.07, 6.45) is 1.61. The number of carbonyl (C=O) groups excluding carboxylic acids is 1. The molecule has 22 heavy (non-hydrogen) atoms. The van der Waals surface area contributed by atoms with E-state index < -0.39 is 0 Å². The Labute approximate surface area is 137 Å². The van der Waals surface area contributed by atoms with Gasteiger partial charge in [0, 0.05) is 12.0 Å². The zero-order valence-electron chi connectivity index (χ0n) is 12.6. The zero-order chi connectivity index (χ0) is 16.1. The quantitative estimate of drug-likeness (QED) is 0.805. The lowest BCUT2D eigenvalue weighted by atomic mass is 10.0. The molecule has 2 aromatic rings. The van der Waals surface area contributed by atoms with Gasteiger partial charge in [0.1, 0.15) is 16.8 Å². The number of rotatable bonds is 6. The molecule has 0 aliphatic heterocycles. The van der Waals surface area contributed by atoms with Gasteiger partial charge in [-0.15, -0.1) is 23.1 Å². The van der Waals surface area contributed by atoms with Crippen molar-refractivity contribution in [3.63, 3.8) is 0 Å². The molecule has 0 aliphatic carbocycles. The van der Waals surface area contributed by atoms with E-state index in [2.05, 4.69) is 5.32 Å². The highest BCUT2D eigenvalue weighted by atomic mass is 32.2. The fourth-order valence-corrected chi connectivity index (χ4v) is 3.91. The van der Waals surface area contributed by atoms with E-state index in [1.165, 1.54) is 23.5 Å². The van der Waals surface area contributed by atoms with Gasteiger partial charge in [-0.3, -0.25) is 4.79 Å². The van der Waals surface area contributed by atoms with E-state index in [1.807, 2.05) is 24.6 Å². The van der Waals surface area contributed by atoms with Crippen LogP contribution in [0.25, 0.3) is 0 Å². The minimum atomic E-state index is -0.331. The van der Waals surface area contributed by atoms with Crippen molar-refractivity contribution < 1.29 is 13.9 Å². The van der Waals surface area contributed by atoms with Crippen molar-refractivity contribution in [2.24, 2.45) is 0 Å². The van der Waals surface area contributed by atoms with Gasteiger partial charge in [0.15, 0.2) is 0 Å². The second kappa shape index (κ2) is 7.76. The smallest absolute Gasteiger partial charge is 0.262 e. The number of benzene rings is 1. The summed E-state index contributed by atoms with van der Waals surface area (Å²) in [6, 6.07) is 7.82. The Kier molecular flexibility index (Phi) is 5.99. The number of carbonyl (C=O) groups is 1. The van der Waals surface area contributed by atoms with Crippen LogP contribution in [0.4, 0.5) is 4.39 Å². The summed E-state index contributed by atoms with van der Waals surface area (Å²) >= 11 is 2.96. The normalized spacial score (nSPS) is 13.6. The van der Waals surface area contributed by atoms with Crippen molar-refractivity contribution in [1.29, 1.82) is 0 Å². The van der Waals surface area contributed by atoms with E-state index in [9.17, 15) is 9.18 Å². The highest BCUT2D eigenvalue weighted by Crippen LogP contribution is 2.26. The van der Waals surface area contributed by atoms with Crippen LogP contribution in [0.5, 0.6) is 0 Å². The summed E-state index contributed by atoms with van der Waals surface area (Å²) in [6.45, 7) is 1.88. The molecule has 6 heteroatoms. The van der Waals surface area contributed by atoms with Gasteiger partial charge in [-0.1, -0.05) is 12.1 Å². The third kappa shape index (κ3) is 3.88. The summed E-state index contributed by atoms with van der Waals surface area (Å²) in [7, 11) is 1.58. The fraction of sp³-hybridized carbons (Fsp3) is 0.312. The van der Waals surface area contributed by atoms with Gasteiger partial charge in [-0.2, -0.15) is 0 Å². The zero-order valence-corrected chi connectivity index (χ0v) is 14.3. The number of amides is 1. The maximum absolute atomic E-state index is 13.0. The second-order valence-electron chi connectivity index (χ2n) is 4.79. The van der Waals surface area contributed by atoms with Gasteiger partial charge >= 0.3 is 0 Å². The number of ether oxygens (including phenoxy) is 1. The number of halogens is 1. The third-order valence-electron chi connectivity index (χ3n) is 3.32. The molecule has 0 radical (unpaired) electrons. The summed E-state index contributed by atoms with van der Waals surface area (Å²) < 4.78 is 18.5. The molecule has 0 fully saturated rings. The van der Waals surface area contributed by atoms with Gasteiger partial charge < -0.3 is 10.1 Å². The highest BCUT2D eigenvalue weighted by Gasteiger charge is 2.22. The Balaban J connectivity index is 2.10. The van der Waals surface area contributed by atoms with Gasteiger partial charge in [0.05, 0.1) is 6.04 Å². The maximum atomic E-state index is 13.0. The van der Waals surface area contributed by atoms with Crippen molar-refractivity contribution in [2.45, 2.75) is 24.0 Å². The lowest BCUT2D eigenvalue weighted by Gasteiger charge is -2.24. The van der Waals surface area contributed by atoms with Crippen LogP contribution in [-0.2, 0) is 4.74 Å². The number of nitrogens with one attached hydrogen (secondary N) is 1. The molecule has 1 N–H and O–H groups in total. The standard InChI is InChI=1S/C16H18FNO2S2/c1-10(14(20-2)11-4-6-12(17)7-5-11)18-16(19)15-13(21-3)8-9-22-15/h4-10,14H,1-3H3,(H,18,19)/t10-,14-/m0/s1. The molecule has 1 heterocycles. The highest BCUT2D eigenvalue weighted by molar-refractivity contribution is 7.98. The monoisotopic (exact) mass is 339 g/mol. The summed E-state index contributed by atoms with van der Waals surface area (Å²) in [5, 5.41) is 4.86. The van der Waals surface area contributed by atoms with Crippen LogP contribution in [0.1, 0.15) is 28.3 Å². The summed E-state index contributed by atoms with van der Waals surface area (Å²) in [4.78, 5) is 14.0. The Morgan fingerprint density at radius 2 is 2.00 bits per heavy atom. The molecule has 2 rings (SSSR count). The first-order chi connectivity index (χ1) is 10.6. The van der Waals surface area contributed by atoms with E-state index in [0.29, 0.717) is 4.88 Å². The van der Waals surface area contributed by atoms with Crippen molar-refractivity contribution in [1.82, 2.24) is 5.32 Å². The van der Waals surface area contributed by atoms with Crippen LogP contribution in [0.2, 0.25) is 0 Å². The Morgan fingerprint density at radius 3 is 2.59 bits per heavy atom. The van der Waals surface area contributed by atoms with Gasteiger partial charge in [-0.25, -0.2) is 4.39 Å². The van der Waals surface area contributed by atoms with Crippen LogP contribution in [0, 0.1) is 5.82 Å². The molecule has 0 bridgehead atoms. The lowest BCUT2D eigenvalue weighted by Crippen LogP contribution is -2.37. The molecular weight excluding hydrogens is 321 g/mol. The van der Waals surface area contributed by atoms with Crippen molar-refractivity contribution in [3.05, 3.63) is 52.0 Å². The topological polar surface area (TPSA) is 38.3 Å². The van der Waals surface area contributed by atoms with Gasteiger partial charge in [-0.05, 0) is 42.3 Å². The van der Waals surface area contributed by atoms with Crippen LogP contribution in [-0.4, -0.2) is 25.3 Å². The third-order valence-corrected chi connectivity index (χ3v) is 5.14. The molecule has 0 saturated carbocycles. The van der Waals surface area contributed by atoms with Crippen molar-refractivity contribution in [3.8, 4) is 0 Å². The van der Waals surface area contributed by atoms with Crippen LogP contribution >= 0.6 is 23.1 Å². The average Bonchev–Trinajstić information content (AvgIpc) is 2.98. The summed E-state index contributed by atoms with van der Waals surface area (Å²) in [5.74, 6) is -0.408. The number of methoxy groups -OCH3 is 1. The van der Waals surface area contributed by atoms with Gasteiger partial charge in [0.2, 0.25) is 0 Å². The van der Waals surface area contributed by atoms with E-state index in [4.69, 9.17) is 4.74 Å². The number of hydrogen-bond acceptors (Lipinski definition) is 4. The van der Waals surface area contributed by atoms with E-state index >= 15 is 0 Å². The molecule has 0 aliphatic rings. The number of thioether (sulfide) groups is 1. The second-order valence-corrected chi connectivity index (χ2v) is 6.55. The largest absolute Gasteiger partial charge is 0.375 e. The molecule has 1 amide bonds. The van der Waals surface area contributed by atoms with Crippen LogP contribution < -0.4 is 5.32 Å². The SMILES string of the molecule is CO[C@H](c1ccc(F)cc1)[C@H](C)NC(=O)c1sccc1SC. The minimum absolute atomic E-state index is 0.115. The van der Waals surface area contributed by atoms with Crippen LogP contribution in [0.15, 0.2) is 40.6 Å². The molecule has 1 aromatic heterocycles. The average molecular weight is 339 g/mol. The van der Waals surface area contributed by atoms with Crippen LogP contribution in [0.3, 0.4) is 0 Å². The van der Waals surface area contributed by atoms with Gasteiger partial charge in [0.25, 0.3) is 5.91 Å². The maximum Gasteiger partial charge on any atom is 0.262 e. The number of hydrogen-bond donors (Lipinski definition) is 1.